The number of hydrogen-bond acceptors (Lipinski definition) is 15. The summed E-state index contributed by atoms with van der Waals surface area (Å²) in [6, 6.07) is 0. The van der Waals surface area contributed by atoms with Gasteiger partial charge in [-0.25, -0.2) is 9.13 Å². The zero-order valence-corrected chi connectivity index (χ0v) is 64.2. The van der Waals surface area contributed by atoms with Crippen LogP contribution in [0.5, 0.6) is 0 Å². The highest BCUT2D eigenvalue weighted by Crippen LogP contribution is 2.45. The van der Waals surface area contributed by atoms with Crippen LogP contribution in [0.4, 0.5) is 0 Å². The number of hydrogen-bond donors (Lipinski definition) is 3. The molecule has 17 nitrogen and oxygen atoms in total. The molecule has 0 bridgehead atoms. The van der Waals surface area contributed by atoms with Crippen LogP contribution in [-0.4, -0.2) is 96.7 Å². The Balaban J connectivity index is 5.52. The molecule has 0 aliphatic carbocycles. The molecule has 0 aromatic rings. The number of ether oxygens (including phenoxy) is 4. The molecule has 0 aromatic heterocycles. The van der Waals surface area contributed by atoms with E-state index in [1.807, 2.05) is 18.2 Å². The van der Waals surface area contributed by atoms with E-state index in [-0.39, 0.29) is 25.7 Å². The van der Waals surface area contributed by atoms with E-state index in [9.17, 15) is 43.2 Å². The second-order valence-corrected chi connectivity index (χ2v) is 27.0. The molecule has 0 saturated carbocycles. The third-order valence-electron chi connectivity index (χ3n) is 14.5. The third-order valence-corrected chi connectivity index (χ3v) is 16.4. The van der Waals surface area contributed by atoms with Crippen molar-refractivity contribution in [3.05, 3.63) is 194 Å². The van der Waals surface area contributed by atoms with Gasteiger partial charge >= 0.3 is 39.5 Å². The largest absolute Gasteiger partial charge is 0.472 e. The van der Waals surface area contributed by atoms with Crippen LogP contribution in [0.2, 0.25) is 0 Å². The molecule has 0 fully saturated rings. The maximum absolute atomic E-state index is 13.1. The summed E-state index contributed by atoms with van der Waals surface area (Å²) in [7, 11) is -10.0. The van der Waals surface area contributed by atoms with Crippen molar-refractivity contribution < 1.29 is 80.2 Å². The molecule has 0 rings (SSSR count). The molecule has 102 heavy (non-hydrogen) atoms. The van der Waals surface area contributed by atoms with E-state index >= 15 is 0 Å². The van der Waals surface area contributed by atoms with Crippen LogP contribution in [0, 0.1) is 0 Å². The number of aliphatic hydroxyl groups excluding tert-OH is 1. The molecule has 0 aromatic carbocycles. The van der Waals surface area contributed by atoms with Crippen LogP contribution in [0.3, 0.4) is 0 Å². The van der Waals surface area contributed by atoms with Crippen molar-refractivity contribution >= 4 is 39.5 Å². The van der Waals surface area contributed by atoms with Crippen LogP contribution in [0.25, 0.3) is 0 Å². The van der Waals surface area contributed by atoms with Crippen LogP contribution < -0.4 is 0 Å². The Morgan fingerprint density at radius 3 is 0.794 bits per heavy atom. The first kappa shape index (κ1) is 95.9. The van der Waals surface area contributed by atoms with Gasteiger partial charge in [0.05, 0.1) is 26.4 Å². The van der Waals surface area contributed by atoms with Gasteiger partial charge in [0.25, 0.3) is 0 Å². The lowest BCUT2D eigenvalue weighted by Crippen LogP contribution is -2.30. The maximum Gasteiger partial charge on any atom is 0.472 e. The van der Waals surface area contributed by atoms with Gasteiger partial charge in [-0.3, -0.25) is 37.3 Å². The van der Waals surface area contributed by atoms with Gasteiger partial charge in [0.1, 0.15) is 19.3 Å². The van der Waals surface area contributed by atoms with Crippen molar-refractivity contribution in [3.8, 4) is 0 Å². The number of phosphoric acid groups is 2. The lowest BCUT2D eigenvalue weighted by molar-refractivity contribution is -0.161. The zero-order valence-electron chi connectivity index (χ0n) is 62.4. The summed E-state index contributed by atoms with van der Waals surface area (Å²) >= 11 is 0. The van der Waals surface area contributed by atoms with Gasteiger partial charge in [0.2, 0.25) is 0 Å². The van der Waals surface area contributed by atoms with Gasteiger partial charge in [-0.15, -0.1) is 0 Å². The molecule has 3 N–H and O–H groups in total. The molecule has 0 aliphatic heterocycles. The first-order chi connectivity index (χ1) is 49.7. The van der Waals surface area contributed by atoms with Gasteiger partial charge in [0.15, 0.2) is 12.2 Å². The van der Waals surface area contributed by atoms with Crippen molar-refractivity contribution in [2.45, 2.75) is 264 Å². The summed E-state index contributed by atoms with van der Waals surface area (Å²) in [5.74, 6) is -2.38. The molecule has 5 atom stereocenters. The van der Waals surface area contributed by atoms with Crippen molar-refractivity contribution in [2.24, 2.45) is 0 Å². The predicted octanol–water partition coefficient (Wildman–Crippen LogP) is 21.8. The molecule has 0 aliphatic rings. The van der Waals surface area contributed by atoms with Crippen LogP contribution in [0.1, 0.15) is 246 Å². The Labute approximate surface area is 615 Å². The van der Waals surface area contributed by atoms with E-state index in [4.69, 9.17) is 37.0 Å². The first-order valence-corrected chi connectivity index (χ1v) is 40.7. The fourth-order valence-corrected chi connectivity index (χ4v) is 10.5. The summed E-state index contributed by atoms with van der Waals surface area (Å²) in [5.41, 5.74) is 0. The average molecular weight is 1460 g/mol. The molecule has 19 heteroatoms. The van der Waals surface area contributed by atoms with E-state index in [0.29, 0.717) is 38.5 Å². The highest BCUT2D eigenvalue weighted by molar-refractivity contribution is 7.47. The Morgan fingerprint density at radius 1 is 0.275 bits per heavy atom. The van der Waals surface area contributed by atoms with E-state index in [1.54, 1.807) is 0 Å². The molecule has 0 spiro atoms. The molecule has 0 amide bonds. The number of aliphatic hydroxyl groups is 1. The minimum absolute atomic E-state index is 0.0237. The molecular weight excluding hydrogens is 1330 g/mol. The van der Waals surface area contributed by atoms with Crippen molar-refractivity contribution in [1.82, 2.24) is 0 Å². The van der Waals surface area contributed by atoms with Gasteiger partial charge in [-0.2, -0.15) is 0 Å². The van der Waals surface area contributed by atoms with Crippen molar-refractivity contribution in [1.29, 1.82) is 0 Å². The quantitative estimate of drug-likeness (QED) is 0.0169. The Morgan fingerprint density at radius 2 is 0.490 bits per heavy atom. The van der Waals surface area contributed by atoms with Gasteiger partial charge in [-0.05, 0) is 173 Å². The molecule has 0 saturated heterocycles. The molecular formula is C83H130O17P2. The number of unbranched alkanes of at least 4 members (excludes halogenated alkanes) is 10. The van der Waals surface area contributed by atoms with Crippen LogP contribution in [0.15, 0.2) is 194 Å². The van der Waals surface area contributed by atoms with Crippen molar-refractivity contribution in [2.75, 3.05) is 39.6 Å². The lowest BCUT2D eigenvalue weighted by atomic mass is 10.1. The summed E-state index contributed by atoms with van der Waals surface area (Å²) in [6.45, 7) is 4.18. The highest BCUT2D eigenvalue weighted by atomic mass is 31.2. The van der Waals surface area contributed by atoms with Gasteiger partial charge in [-0.1, -0.05) is 241 Å². The van der Waals surface area contributed by atoms with Crippen LogP contribution >= 0.6 is 15.6 Å². The zero-order chi connectivity index (χ0) is 74.6. The second-order valence-electron chi connectivity index (χ2n) is 24.1. The SMILES string of the molecule is CC/C=C\C/C=C\C/C=C\C/C=C\C/C=C\CCCC(=O)OCC(COP(=O)(O)OCC(O)COP(=O)(O)OCC(COC(=O)CCCC/C=C\C/C=C\C/C=C\C/C=C\CC)OC(=O)CCCC/C=C\C/C=C\C/C=C\C/C=C\CC)OC(=O)CCCCCCC/C=C\C/C=C\C/C=C\CC. The number of rotatable bonds is 68. The topological polar surface area (TPSA) is 237 Å². The Kier molecular flexibility index (Phi) is 68.8. The standard InChI is InChI=1S/C83H130O17P2/c1-5-9-13-17-21-25-29-33-37-38-42-44-48-52-56-60-64-68-81(86)94-74-79(100-83(88)70-66-62-58-54-50-46-41-36-32-28-24-20-16-12-8-4)76-98-102(91,92)96-72-77(84)71-95-101(89,90)97-75-78(99-82(87)69-65-61-57-53-49-45-40-35-31-27-23-19-15-11-7-3)73-93-80(85)67-63-59-55-51-47-43-39-34-30-26-22-18-14-10-6-2/h9-16,21-28,33-37,39-42,44,47,49,51-53,56,77-79,84H,5-8,17-20,29-32,38,43,45-46,48,50,54-55,57-76H2,1-4H3,(H,89,90)(H,91,92)/b13-9-,14-10-,15-11-,16-12-,25-21-,26-22-,27-23-,28-24-,37-33-,39-34-,40-35-,41-36-,44-42-,51-47-,53-49-,56-52-. The van der Waals surface area contributed by atoms with Crippen LogP contribution in [-0.2, 0) is 65.4 Å². The maximum atomic E-state index is 13.1. The summed E-state index contributed by atoms with van der Waals surface area (Å²) in [6.07, 6.45) is 88.7. The van der Waals surface area contributed by atoms with E-state index in [2.05, 4.69) is 204 Å². The van der Waals surface area contributed by atoms with Gasteiger partial charge in [0, 0.05) is 25.7 Å². The third kappa shape index (κ3) is 72.3. The Hall–Kier alpha value is -6.10. The molecule has 0 heterocycles. The summed E-state index contributed by atoms with van der Waals surface area (Å²) in [4.78, 5) is 72.9. The number of carbonyl (C=O) groups excluding carboxylic acids is 4. The number of allylic oxidation sites excluding steroid dienone is 32. The minimum atomic E-state index is -5.01. The van der Waals surface area contributed by atoms with E-state index in [1.165, 1.54) is 0 Å². The monoisotopic (exact) mass is 1460 g/mol. The number of esters is 4. The fourth-order valence-electron chi connectivity index (χ4n) is 8.96. The summed E-state index contributed by atoms with van der Waals surface area (Å²) < 4.78 is 68.3. The van der Waals surface area contributed by atoms with E-state index in [0.717, 1.165) is 154 Å². The number of carbonyl (C=O) groups is 4. The molecule has 5 unspecified atom stereocenters. The fraction of sp³-hybridized carbons (Fsp3) is 0.566. The summed E-state index contributed by atoms with van der Waals surface area (Å²) in [5, 5.41) is 10.6. The predicted molar refractivity (Wildman–Crippen MR) is 417 cm³/mol. The Bertz CT molecular complexity index is 2700. The van der Waals surface area contributed by atoms with E-state index < -0.39 is 97.5 Å². The number of phosphoric ester groups is 2. The normalized spacial score (nSPS) is 15.0. The van der Waals surface area contributed by atoms with Crippen molar-refractivity contribution in [3.63, 3.8) is 0 Å². The first-order valence-electron chi connectivity index (χ1n) is 37.7. The smallest absolute Gasteiger partial charge is 0.462 e. The minimum Gasteiger partial charge on any atom is -0.462 e. The molecule has 0 radical (unpaired) electrons. The van der Waals surface area contributed by atoms with Gasteiger partial charge < -0.3 is 33.8 Å². The highest BCUT2D eigenvalue weighted by Gasteiger charge is 2.30. The lowest BCUT2D eigenvalue weighted by Gasteiger charge is -2.21. The average Bonchev–Trinajstić information content (AvgIpc) is 0.923. The second kappa shape index (κ2) is 73.2. The molecule has 574 valence electrons.